The molecule has 1 aliphatic heterocycles. The lowest BCUT2D eigenvalue weighted by Crippen LogP contribution is -2.47. The minimum absolute atomic E-state index is 0.171. The van der Waals surface area contributed by atoms with Crippen molar-refractivity contribution in [1.29, 1.82) is 0 Å². The summed E-state index contributed by atoms with van der Waals surface area (Å²) < 4.78 is 33.0. The molecule has 0 saturated carbocycles. The summed E-state index contributed by atoms with van der Waals surface area (Å²) in [5, 5.41) is 3.20. The van der Waals surface area contributed by atoms with Gasteiger partial charge in [0, 0.05) is 18.7 Å². The average molecular weight is 270 g/mol. The van der Waals surface area contributed by atoms with E-state index >= 15 is 0 Å². The van der Waals surface area contributed by atoms with Crippen LogP contribution < -0.4 is 5.32 Å². The van der Waals surface area contributed by atoms with E-state index in [2.05, 4.69) is 10.2 Å². The molecule has 1 aromatic carbocycles. The van der Waals surface area contributed by atoms with Crippen molar-refractivity contribution in [2.45, 2.75) is 19.1 Å². The van der Waals surface area contributed by atoms with Crippen LogP contribution in [0.4, 0.5) is 8.78 Å². The van der Waals surface area contributed by atoms with Gasteiger partial charge in [-0.3, -0.25) is 0 Å². The summed E-state index contributed by atoms with van der Waals surface area (Å²) >= 11 is 0. The summed E-state index contributed by atoms with van der Waals surface area (Å²) in [5.74, 6) is -1.60. The lowest BCUT2D eigenvalue weighted by molar-refractivity contribution is -0.0396. The smallest absolute Gasteiger partial charge is 0.163 e. The van der Waals surface area contributed by atoms with Gasteiger partial charge in [0.05, 0.1) is 18.8 Å². The topological polar surface area (TPSA) is 24.5 Å². The summed E-state index contributed by atoms with van der Waals surface area (Å²) in [6.45, 7) is 4.79. The van der Waals surface area contributed by atoms with Gasteiger partial charge in [-0.25, -0.2) is 8.78 Å². The number of nitrogens with zero attached hydrogens (tertiary/aromatic N) is 1. The fourth-order valence-electron chi connectivity index (χ4n) is 2.43. The monoisotopic (exact) mass is 270 g/mol. The number of hydrogen-bond donors (Lipinski definition) is 1. The first-order valence-electron chi connectivity index (χ1n) is 6.61. The summed E-state index contributed by atoms with van der Waals surface area (Å²) in [4.78, 5) is 2.13. The zero-order valence-electron chi connectivity index (χ0n) is 11.3. The third-order valence-corrected chi connectivity index (χ3v) is 3.41. The zero-order chi connectivity index (χ0) is 13.8. The second-order valence-corrected chi connectivity index (χ2v) is 4.85. The Labute approximate surface area is 112 Å². The normalized spacial score (nSPS) is 22.4. The van der Waals surface area contributed by atoms with Crippen LogP contribution in [0, 0.1) is 11.6 Å². The van der Waals surface area contributed by atoms with E-state index in [1.54, 1.807) is 6.07 Å². The molecule has 1 aromatic rings. The van der Waals surface area contributed by atoms with Crippen LogP contribution in [0.2, 0.25) is 0 Å². The molecule has 1 aliphatic rings. The Hall–Kier alpha value is -1.04. The molecule has 5 heteroatoms. The van der Waals surface area contributed by atoms with Crippen molar-refractivity contribution in [3.05, 3.63) is 35.4 Å². The highest BCUT2D eigenvalue weighted by Gasteiger charge is 2.30. The maximum atomic E-state index is 13.9. The van der Waals surface area contributed by atoms with Gasteiger partial charge < -0.3 is 15.0 Å². The number of rotatable bonds is 4. The van der Waals surface area contributed by atoms with Gasteiger partial charge in [-0.05, 0) is 19.7 Å². The molecule has 0 bridgehead atoms. The van der Waals surface area contributed by atoms with Crippen molar-refractivity contribution in [3.8, 4) is 0 Å². The van der Waals surface area contributed by atoms with Crippen molar-refractivity contribution in [1.82, 2.24) is 10.2 Å². The van der Waals surface area contributed by atoms with Crippen LogP contribution in [0.5, 0.6) is 0 Å². The van der Waals surface area contributed by atoms with Gasteiger partial charge in [0.1, 0.15) is 0 Å². The highest BCUT2D eigenvalue weighted by Crippen LogP contribution is 2.25. The van der Waals surface area contributed by atoms with E-state index in [-0.39, 0.29) is 12.1 Å². The van der Waals surface area contributed by atoms with Crippen LogP contribution in [0.15, 0.2) is 18.2 Å². The Balaban J connectivity index is 2.26. The molecule has 2 atom stereocenters. The molecule has 106 valence electrons. The lowest BCUT2D eigenvalue weighted by atomic mass is 9.99. The van der Waals surface area contributed by atoms with Crippen LogP contribution >= 0.6 is 0 Å². The standard InChI is InChI=1S/C14H20F2N2O/c1-3-17-14(12-9-18(2)7-8-19-12)10-5-4-6-11(15)13(10)16/h4-6,12,14,17H,3,7-9H2,1-2H3. The van der Waals surface area contributed by atoms with Crippen LogP contribution in [0.3, 0.4) is 0 Å². The van der Waals surface area contributed by atoms with Crippen LogP contribution in [0.25, 0.3) is 0 Å². The van der Waals surface area contributed by atoms with Gasteiger partial charge in [-0.15, -0.1) is 0 Å². The molecule has 3 nitrogen and oxygen atoms in total. The molecule has 2 rings (SSSR count). The molecule has 0 radical (unpaired) electrons. The van der Waals surface area contributed by atoms with E-state index in [1.807, 2.05) is 14.0 Å². The Kier molecular flexibility index (Phi) is 4.85. The van der Waals surface area contributed by atoms with Crippen LogP contribution in [0.1, 0.15) is 18.5 Å². The molecule has 0 spiro atoms. The molecule has 0 amide bonds. The minimum atomic E-state index is -0.815. The molecule has 0 aromatic heterocycles. The van der Waals surface area contributed by atoms with Crippen LogP contribution in [-0.2, 0) is 4.74 Å². The fourth-order valence-corrected chi connectivity index (χ4v) is 2.43. The van der Waals surface area contributed by atoms with E-state index < -0.39 is 11.6 Å². The third kappa shape index (κ3) is 3.29. The number of halogens is 2. The quantitative estimate of drug-likeness (QED) is 0.905. The van der Waals surface area contributed by atoms with Gasteiger partial charge >= 0.3 is 0 Å². The number of benzene rings is 1. The maximum Gasteiger partial charge on any atom is 0.163 e. The first-order valence-corrected chi connectivity index (χ1v) is 6.61. The Morgan fingerprint density at radius 3 is 2.95 bits per heavy atom. The maximum absolute atomic E-state index is 13.9. The summed E-state index contributed by atoms with van der Waals surface area (Å²) in [6, 6.07) is 3.95. The molecular formula is C14H20F2N2O. The van der Waals surface area contributed by atoms with Crippen molar-refractivity contribution in [3.63, 3.8) is 0 Å². The molecule has 1 saturated heterocycles. The van der Waals surface area contributed by atoms with E-state index in [1.165, 1.54) is 6.07 Å². The molecule has 2 unspecified atom stereocenters. The van der Waals surface area contributed by atoms with Gasteiger partial charge in [-0.2, -0.15) is 0 Å². The second-order valence-electron chi connectivity index (χ2n) is 4.85. The minimum Gasteiger partial charge on any atom is -0.374 e. The zero-order valence-corrected chi connectivity index (χ0v) is 11.3. The first-order chi connectivity index (χ1) is 9.13. The predicted molar refractivity (Wildman–Crippen MR) is 70.0 cm³/mol. The molecule has 19 heavy (non-hydrogen) atoms. The second kappa shape index (κ2) is 6.41. The molecule has 1 N–H and O–H groups in total. The average Bonchev–Trinajstić information content (AvgIpc) is 2.40. The predicted octanol–water partition coefficient (Wildman–Crippen LogP) is 1.95. The Morgan fingerprint density at radius 1 is 1.47 bits per heavy atom. The van der Waals surface area contributed by atoms with E-state index in [4.69, 9.17) is 4.74 Å². The number of hydrogen-bond acceptors (Lipinski definition) is 3. The van der Waals surface area contributed by atoms with Gasteiger partial charge in [0.2, 0.25) is 0 Å². The van der Waals surface area contributed by atoms with E-state index in [9.17, 15) is 8.78 Å². The van der Waals surface area contributed by atoms with Gasteiger partial charge in [0.25, 0.3) is 0 Å². The SMILES string of the molecule is CCNC(c1cccc(F)c1F)C1CN(C)CCO1. The van der Waals surface area contributed by atoms with Crippen molar-refractivity contribution < 1.29 is 13.5 Å². The summed E-state index contributed by atoms with van der Waals surface area (Å²) in [7, 11) is 2.00. The molecular weight excluding hydrogens is 250 g/mol. The number of nitrogens with one attached hydrogen (secondary N) is 1. The van der Waals surface area contributed by atoms with Crippen molar-refractivity contribution in [2.24, 2.45) is 0 Å². The summed E-state index contributed by atoms with van der Waals surface area (Å²) in [6.07, 6.45) is -0.171. The Bertz CT molecular complexity index is 428. The number of likely N-dealkylation sites (N-methyl/N-ethyl adjacent to an activating group) is 2. The lowest BCUT2D eigenvalue weighted by Gasteiger charge is -2.35. The molecule has 1 fully saturated rings. The van der Waals surface area contributed by atoms with Gasteiger partial charge in [-0.1, -0.05) is 19.1 Å². The third-order valence-electron chi connectivity index (χ3n) is 3.41. The highest BCUT2D eigenvalue weighted by atomic mass is 19.2. The highest BCUT2D eigenvalue weighted by molar-refractivity contribution is 5.24. The largest absolute Gasteiger partial charge is 0.374 e. The molecule has 0 aliphatic carbocycles. The fraction of sp³-hybridized carbons (Fsp3) is 0.571. The first kappa shape index (κ1) is 14.4. The van der Waals surface area contributed by atoms with E-state index in [0.29, 0.717) is 25.3 Å². The van der Waals surface area contributed by atoms with Crippen molar-refractivity contribution >= 4 is 0 Å². The van der Waals surface area contributed by atoms with Crippen LogP contribution in [-0.4, -0.2) is 44.3 Å². The van der Waals surface area contributed by atoms with Gasteiger partial charge in [0.15, 0.2) is 11.6 Å². The number of ether oxygens (including phenoxy) is 1. The number of morpholine rings is 1. The van der Waals surface area contributed by atoms with E-state index in [0.717, 1.165) is 12.6 Å². The molecule has 1 heterocycles. The summed E-state index contributed by atoms with van der Waals surface area (Å²) in [5.41, 5.74) is 0.335. The van der Waals surface area contributed by atoms with Crippen molar-refractivity contribution in [2.75, 3.05) is 33.3 Å². The Morgan fingerprint density at radius 2 is 2.26 bits per heavy atom.